The Bertz CT molecular complexity index is 1550. The molecule has 0 saturated carbocycles. The van der Waals surface area contributed by atoms with Gasteiger partial charge in [-0.1, -0.05) is 54.6 Å². The van der Waals surface area contributed by atoms with Gasteiger partial charge in [0.05, 0.1) is 20.8 Å². The summed E-state index contributed by atoms with van der Waals surface area (Å²) in [7, 11) is 0.00854. The van der Waals surface area contributed by atoms with Crippen LogP contribution in [-0.4, -0.2) is 58.7 Å². The van der Waals surface area contributed by atoms with E-state index in [1.807, 2.05) is 78.9 Å². The van der Waals surface area contributed by atoms with Crippen LogP contribution in [0.15, 0.2) is 95.9 Å². The third-order valence-corrected chi connectivity index (χ3v) is 7.71. The van der Waals surface area contributed by atoms with Gasteiger partial charge in [-0.2, -0.15) is 4.98 Å². The third-order valence-electron chi connectivity index (χ3n) is 7.28. The Labute approximate surface area is 248 Å². The van der Waals surface area contributed by atoms with Gasteiger partial charge in [-0.15, -0.1) is 9.42 Å². The SMILES string of the molecule is COc1ccc(C(OC[C@H]2O[C@@H](n3ccc(N)nc3=O)[C@H](O)[C@@H]2O[P+](=O)O)(c2ccccc2)c2ccc(OC)cc2)cc1. The summed E-state index contributed by atoms with van der Waals surface area (Å²) in [5.41, 5.74) is 5.86. The van der Waals surface area contributed by atoms with E-state index in [9.17, 15) is 19.4 Å². The van der Waals surface area contributed by atoms with Crippen LogP contribution < -0.4 is 20.9 Å². The molecule has 1 unspecified atom stereocenters. The minimum absolute atomic E-state index is 0.00788. The number of nitrogens with zero attached hydrogens (tertiary/aromatic N) is 2. The van der Waals surface area contributed by atoms with Crippen LogP contribution in [0.2, 0.25) is 0 Å². The summed E-state index contributed by atoms with van der Waals surface area (Å²) in [5.74, 6) is 1.29. The quantitative estimate of drug-likeness (QED) is 0.169. The van der Waals surface area contributed by atoms with Gasteiger partial charge < -0.3 is 29.8 Å². The van der Waals surface area contributed by atoms with Gasteiger partial charge in [-0.05, 0) is 47.0 Å². The molecule has 0 aliphatic carbocycles. The summed E-state index contributed by atoms with van der Waals surface area (Å²) in [6.45, 7) is -0.231. The molecule has 1 aliphatic heterocycles. The Hall–Kier alpha value is -4.16. The molecule has 1 saturated heterocycles. The highest BCUT2D eigenvalue weighted by Gasteiger charge is 2.51. The highest BCUT2D eigenvalue weighted by Crippen LogP contribution is 2.43. The molecule has 1 aromatic heterocycles. The van der Waals surface area contributed by atoms with Crippen molar-refractivity contribution in [3.63, 3.8) is 0 Å². The lowest BCUT2D eigenvalue weighted by molar-refractivity contribution is -0.0940. The van der Waals surface area contributed by atoms with Gasteiger partial charge in [-0.3, -0.25) is 4.57 Å². The van der Waals surface area contributed by atoms with Crippen LogP contribution in [0.4, 0.5) is 5.82 Å². The summed E-state index contributed by atoms with van der Waals surface area (Å²) < 4.78 is 41.7. The Balaban J connectivity index is 1.59. The minimum Gasteiger partial charge on any atom is -0.497 e. The second-order valence-corrected chi connectivity index (χ2v) is 10.4. The summed E-state index contributed by atoms with van der Waals surface area (Å²) in [6.07, 6.45) is -3.91. The third kappa shape index (κ3) is 6.16. The van der Waals surface area contributed by atoms with Gasteiger partial charge in [0.25, 0.3) is 0 Å². The van der Waals surface area contributed by atoms with E-state index in [1.165, 1.54) is 12.3 Å². The Morgan fingerprint density at radius 2 is 1.49 bits per heavy atom. The normalized spacial score (nSPS) is 20.5. The van der Waals surface area contributed by atoms with Crippen LogP contribution in [0.25, 0.3) is 0 Å². The average Bonchev–Trinajstić information content (AvgIpc) is 3.32. The van der Waals surface area contributed by atoms with Crippen LogP contribution in [0.3, 0.4) is 0 Å². The lowest BCUT2D eigenvalue weighted by Crippen LogP contribution is -2.40. The van der Waals surface area contributed by atoms with Crippen LogP contribution >= 0.6 is 8.25 Å². The van der Waals surface area contributed by atoms with E-state index in [2.05, 4.69) is 4.98 Å². The van der Waals surface area contributed by atoms with E-state index < -0.39 is 44.1 Å². The van der Waals surface area contributed by atoms with Gasteiger partial charge >= 0.3 is 13.9 Å². The van der Waals surface area contributed by atoms with Crippen molar-refractivity contribution in [2.45, 2.75) is 30.1 Å². The molecule has 3 aromatic carbocycles. The molecule has 0 radical (unpaired) electrons. The van der Waals surface area contributed by atoms with Crippen LogP contribution in [0, 0.1) is 0 Å². The number of aliphatic hydroxyl groups excluding tert-OH is 1. The smallest absolute Gasteiger partial charge is 0.497 e. The first-order chi connectivity index (χ1) is 20.8. The number of methoxy groups -OCH3 is 2. The number of hydrogen-bond acceptors (Lipinski definition) is 10. The molecule has 13 heteroatoms. The highest BCUT2D eigenvalue weighted by atomic mass is 31.1. The fraction of sp³-hybridized carbons (Fsp3) is 0.267. The molecule has 0 amide bonds. The van der Waals surface area contributed by atoms with Gasteiger partial charge in [-0.25, -0.2) is 4.79 Å². The van der Waals surface area contributed by atoms with Gasteiger partial charge in [0, 0.05) is 10.8 Å². The van der Waals surface area contributed by atoms with Gasteiger partial charge in [0.1, 0.15) is 35.1 Å². The standard InChI is InChI=1S/C30H30N3O9P/c1-38-22-12-8-20(9-13-22)30(19-6-4-3-5-7-19,21-10-14-23(39-2)15-11-21)40-18-24-27(42-43(36)37)26(34)28(41-24)33-17-16-25(31)32-29(33)35/h3-17,24,26-28,34H,18H2,1-2H3,(H2-,31,32,35,36,37)/p+1/t24-,26-,27-,28-/m1/s1. The fourth-order valence-electron chi connectivity index (χ4n) is 5.22. The van der Waals surface area contributed by atoms with Crippen molar-refractivity contribution >= 4 is 14.1 Å². The lowest BCUT2D eigenvalue weighted by atomic mass is 9.80. The van der Waals surface area contributed by atoms with E-state index in [0.717, 1.165) is 21.3 Å². The molecule has 5 atom stereocenters. The van der Waals surface area contributed by atoms with E-state index in [0.29, 0.717) is 11.5 Å². The van der Waals surface area contributed by atoms with Crippen molar-refractivity contribution in [1.29, 1.82) is 0 Å². The molecular weight excluding hydrogens is 577 g/mol. The van der Waals surface area contributed by atoms with Crippen molar-refractivity contribution in [3.05, 3.63) is 118 Å². The first kappa shape index (κ1) is 30.3. The summed E-state index contributed by atoms with van der Waals surface area (Å²) in [5, 5.41) is 11.1. The van der Waals surface area contributed by atoms with Gasteiger partial charge in [0.15, 0.2) is 12.3 Å². The number of hydrogen-bond donors (Lipinski definition) is 3. The summed E-state index contributed by atoms with van der Waals surface area (Å²) in [4.78, 5) is 25.9. The molecule has 224 valence electrons. The van der Waals surface area contributed by atoms with E-state index >= 15 is 0 Å². The van der Waals surface area contributed by atoms with Crippen molar-refractivity contribution in [1.82, 2.24) is 9.55 Å². The summed E-state index contributed by atoms with van der Waals surface area (Å²) >= 11 is 0. The zero-order chi connectivity index (χ0) is 30.6. The first-order valence-electron chi connectivity index (χ1n) is 13.3. The Kier molecular flexibility index (Phi) is 9.16. The molecule has 5 rings (SSSR count). The van der Waals surface area contributed by atoms with Crippen molar-refractivity contribution in [3.8, 4) is 11.5 Å². The lowest BCUT2D eigenvalue weighted by Gasteiger charge is -2.37. The number of benzene rings is 3. The van der Waals surface area contributed by atoms with E-state index in [-0.39, 0.29) is 12.4 Å². The topological polar surface area (TPSA) is 165 Å². The number of nitrogen functional groups attached to an aromatic ring is 1. The number of aliphatic hydroxyl groups is 1. The number of rotatable bonds is 11. The number of anilines is 1. The molecule has 1 aliphatic rings. The molecule has 1 fully saturated rings. The van der Waals surface area contributed by atoms with Crippen LogP contribution in [0.1, 0.15) is 22.9 Å². The van der Waals surface area contributed by atoms with Crippen molar-refractivity contribution in [2.24, 2.45) is 0 Å². The maximum Gasteiger partial charge on any atom is 0.695 e. The van der Waals surface area contributed by atoms with Crippen LogP contribution in [0.5, 0.6) is 11.5 Å². The number of ether oxygens (including phenoxy) is 4. The second kappa shape index (κ2) is 13.0. The largest absolute Gasteiger partial charge is 0.695 e. The molecule has 0 spiro atoms. The highest BCUT2D eigenvalue weighted by molar-refractivity contribution is 7.32. The zero-order valence-electron chi connectivity index (χ0n) is 23.3. The predicted molar refractivity (Wildman–Crippen MR) is 156 cm³/mol. The summed E-state index contributed by atoms with van der Waals surface area (Å²) in [6, 6.07) is 25.6. The molecule has 2 heterocycles. The number of nitrogens with two attached hydrogens (primary N) is 1. The van der Waals surface area contributed by atoms with E-state index in [1.54, 1.807) is 14.2 Å². The van der Waals surface area contributed by atoms with Crippen LogP contribution in [-0.2, 0) is 24.2 Å². The Morgan fingerprint density at radius 3 is 2.00 bits per heavy atom. The molecular formula is C30H31N3O9P+. The molecule has 4 N–H and O–H groups in total. The Morgan fingerprint density at radius 1 is 0.930 bits per heavy atom. The van der Waals surface area contributed by atoms with E-state index in [4.69, 9.17) is 29.2 Å². The fourth-order valence-corrected chi connectivity index (χ4v) is 5.69. The molecule has 4 aromatic rings. The monoisotopic (exact) mass is 608 g/mol. The van der Waals surface area contributed by atoms with Crippen molar-refractivity contribution in [2.75, 3.05) is 26.6 Å². The second-order valence-electron chi connectivity index (χ2n) is 9.72. The molecule has 43 heavy (non-hydrogen) atoms. The average molecular weight is 609 g/mol. The zero-order valence-corrected chi connectivity index (χ0v) is 24.2. The maximum atomic E-state index is 12.6. The van der Waals surface area contributed by atoms with Crippen molar-refractivity contribution < 1.29 is 38.0 Å². The number of aromatic nitrogens is 2. The first-order valence-corrected chi connectivity index (χ1v) is 14.4. The van der Waals surface area contributed by atoms with Gasteiger partial charge in [0.2, 0.25) is 0 Å². The maximum absolute atomic E-state index is 12.6. The molecule has 12 nitrogen and oxygen atoms in total. The molecule has 0 bridgehead atoms. The predicted octanol–water partition coefficient (Wildman–Crippen LogP) is 3.14. The minimum atomic E-state index is -3.14.